The van der Waals surface area contributed by atoms with Crippen molar-refractivity contribution in [1.82, 2.24) is 0 Å². The van der Waals surface area contributed by atoms with Crippen molar-refractivity contribution in [2.75, 3.05) is 0 Å². The predicted molar refractivity (Wildman–Crippen MR) is 63.5 cm³/mol. The molecule has 2 N–H and O–H groups in total. The monoisotopic (exact) mass is 273 g/mol. The van der Waals surface area contributed by atoms with E-state index in [0.29, 0.717) is 0 Å². The molecule has 0 fully saturated rings. The molecule has 0 saturated heterocycles. The van der Waals surface area contributed by atoms with Crippen molar-refractivity contribution in [3.05, 3.63) is 52.2 Å². The van der Waals surface area contributed by atoms with E-state index in [9.17, 15) is 13.2 Å². The molecular weight excluding hydrogens is 263 g/mol. The molecule has 0 aliphatic heterocycles. The summed E-state index contributed by atoms with van der Waals surface area (Å²) in [5, 5.41) is 3.81. The van der Waals surface area contributed by atoms with Gasteiger partial charge in [0.25, 0.3) is 0 Å². The third-order valence-electron chi connectivity index (χ3n) is 2.38. The minimum Gasteiger partial charge on any atom is -0.406 e. The zero-order valence-corrected chi connectivity index (χ0v) is 9.96. The molecule has 0 aliphatic carbocycles. The topological polar surface area (TPSA) is 35.2 Å². The zero-order valence-electron chi connectivity index (χ0n) is 9.15. The molecule has 0 spiro atoms. The third kappa shape index (κ3) is 3.24. The number of benzene rings is 1. The second-order valence-electron chi connectivity index (χ2n) is 3.65. The van der Waals surface area contributed by atoms with Crippen molar-refractivity contribution in [1.29, 1.82) is 0 Å². The summed E-state index contributed by atoms with van der Waals surface area (Å²) >= 11 is 1.52. The van der Waals surface area contributed by atoms with Crippen molar-refractivity contribution in [3.8, 4) is 5.75 Å². The molecule has 0 bridgehead atoms. The van der Waals surface area contributed by atoms with Gasteiger partial charge in [-0.1, -0.05) is 12.1 Å². The van der Waals surface area contributed by atoms with E-state index in [1.54, 1.807) is 0 Å². The van der Waals surface area contributed by atoms with E-state index < -0.39 is 6.36 Å². The van der Waals surface area contributed by atoms with Crippen LogP contribution < -0.4 is 10.5 Å². The summed E-state index contributed by atoms with van der Waals surface area (Å²) in [6, 6.07) is 7.13. The molecule has 96 valence electrons. The lowest BCUT2D eigenvalue weighted by atomic mass is 10.0. The molecule has 0 saturated carbocycles. The first-order valence-electron chi connectivity index (χ1n) is 5.09. The molecule has 0 radical (unpaired) electrons. The standard InChI is InChI=1S/C12H10F3NOS/c13-12(14,15)17-10-3-1-8(2-4-10)11(16)9-5-6-18-7-9/h1-7,11H,16H2/t11-/m0/s1. The molecular formula is C12H10F3NOS. The van der Waals surface area contributed by atoms with E-state index in [1.165, 1.54) is 35.6 Å². The van der Waals surface area contributed by atoms with Crippen molar-refractivity contribution in [2.24, 2.45) is 5.73 Å². The number of alkyl halides is 3. The van der Waals surface area contributed by atoms with Gasteiger partial charge in [0.2, 0.25) is 0 Å². The van der Waals surface area contributed by atoms with E-state index in [1.807, 2.05) is 16.8 Å². The third-order valence-corrected chi connectivity index (χ3v) is 3.08. The first-order valence-corrected chi connectivity index (χ1v) is 6.03. The molecule has 2 nitrogen and oxygen atoms in total. The van der Waals surface area contributed by atoms with Crippen LogP contribution in [0, 0.1) is 0 Å². The molecule has 2 aromatic rings. The lowest BCUT2D eigenvalue weighted by Crippen LogP contribution is -2.17. The molecule has 0 unspecified atom stereocenters. The van der Waals surface area contributed by atoms with Crippen molar-refractivity contribution in [2.45, 2.75) is 12.4 Å². The number of thiophene rings is 1. The molecule has 1 aromatic carbocycles. The Morgan fingerprint density at radius 3 is 2.22 bits per heavy atom. The summed E-state index contributed by atoms with van der Waals surface area (Å²) in [4.78, 5) is 0. The molecule has 6 heteroatoms. The van der Waals surface area contributed by atoms with Gasteiger partial charge in [-0.3, -0.25) is 0 Å². The lowest BCUT2D eigenvalue weighted by molar-refractivity contribution is -0.274. The average molecular weight is 273 g/mol. The second-order valence-corrected chi connectivity index (χ2v) is 4.43. The summed E-state index contributed by atoms with van der Waals surface area (Å²) < 4.78 is 39.7. The van der Waals surface area contributed by atoms with Crippen LogP contribution in [0.1, 0.15) is 17.2 Å². The maximum Gasteiger partial charge on any atom is 0.573 e. The minimum atomic E-state index is -4.67. The van der Waals surface area contributed by atoms with Crippen LogP contribution in [-0.4, -0.2) is 6.36 Å². The Hall–Kier alpha value is -1.53. The fraction of sp³-hybridized carbons (Fsp3) is 0.167. The molecule has 18 heavy (non-hydrogen) atoms. The normalized spacial score (nSPS) is 13.3. The van der Waals surface area contributed by atoms with Gasteiger partial charge in [0.1, 0.15) is 5.75 Å². The first-order chi connectivity index (χ1) is 8.46. The predicted octanol–water partition coefficient (Wildman–Crippen LogP) is 3.69. The smallest absolute Gasteiger partial charge is 0.406 e. The quantitative estimate of drug-likeness (QED) is 0.925. The Balaban J connectivity index is 2.13. The van der Waals surface area contributed by atoms with Crippen LogP contribution in [0.25, 0.3) is 0 Å². The van der Waals surface area contributed by atoms with Crippen LogP contribution in [0.15, 0.2) is 41.1 Å². The Bertz CT molecular complexity index is 493. The van der Waals surface area contributed by atoms with Crippen LogP contribution >= 0.6 is 11.3 Å². The maximum absolute atomic E-state index is 12.0. The van der Waals surface area contributed by atoms with Gasteiger partial charge in [-0.2, -0.15) is 11.3 Å². The average Bonchev–Trinajstić information content (AvgIpc) is 2.80. The Morgan fingerprint density at radius 2 is 1.72 bits per heavy atom. The van der Waals surface area contributed by atoms with Crippen molar-refractivity contribution in [3.63, 3.8) is 0 Å². The van der Waals surface area contributed by atoms with Crippen LogP contribution in [0.2, 0.25) is 0 Å². The fourth-order valence-corrected chi connectivity index (χ4v) is 2.22. The van der Waals surface area contributed by atoms with E-state index in [0.717, 1.165) is 11.1 Å². The van der Waals surface area contributed by atoms with Crippen molar-refractivity contribution < 1.29 is 17.9 Å². The molecule has 2 rings (SSSR count). The summed E-state index contributed by atoms with van der Waals surface area (Å²) in [6.07, 6.45) is -4.67. The second kappa shape index (κ2) is 4.99. The number of ether oxygens (including phenoxy) is 1. The lowest BCUT2D eigenvalue weighted by Gasteiger charge is -2.12. The SMILES string of the molecule is N[C@@H](c1ccc(OC(F)(F)F)cc1)c1ccsc1. The maximum atomic E-state index is 12.0. The summed E-state index contributed by atoms with van der Waals surface area (Å²) in [5.74, 6) is -0.247. The van der Waals surface area contributed by atoms with Crippen LogP contribution in [0.5, 0.6) is 5.75 Å². The van der Waals surface area contributed by atoms with Gasteiger partial charge in [0.05, 0.1) is 6.04 Å². The number of hydrogen-bond acceptors (Lipinski definition) is 3. The van der Waals surface area contributed by atoms with E-state index >= 15 is 0 Å². The molecule has 1 atom stereocenters. The minimum absolute atomic E-state index is 0.247. The zero-order chi connectivity index (χ0) is 13.2. The Labute approximate surface area is 106 Å². The highest BCUT2D eigenvalue weighted by atomic mass is 32.1. The first kappa shape index (κ1) is 12.9. The Kier molecular flexibility index (Phi) is 3.58. The Morgan fingerprint density at radius 1 is 1.06 bits per heavy atom. The van der Waals surface area contributed by atoms with E-state index in [2.05, 4.69) is 4.74 Å². The fourth-order valence-electron chi connectivity index (χ4n) is 1.52. The highest BCUT2D eigenvalue weighted by molar-refractivity contribution is 7.08. The van der Waals surface area contributed by atoms with E-state index in [4.69, 9.17) is 5.73 Å². The van der Waals surface area contributed by atoms with Gasteiger partial charge >= 0.3 is 6.36 Å². The molecule has 0 aliphatic rings. The van der Waals surface area contributed by atoms with Crippen LogP contribution in [0.3, 0.4) is 0 Å². The van der Waals surface area contributed by atoms with Gasteiger partial charge < -0.3 is 10.5 Å². The number of rotatable bonds is 3. The highest BCUT2D eigenvalue weighted by Crippen LogP contribution is 2.26. The van der Waals surface area contributed by atoms with Crippen molar-refractivity contribution >= 4 is 11.3 Å². The van der Waals surface area contributed by atoms with Crippen LogP contribution in [0.4, 0.5) is 13.2 Å². The van der Waals surface area contributed by atoms with E-state index in [-0.39, 0.29) is 11.8 Å². The largest absolute Gasteiger partial charge is 0.573 e. The van der Waals surface area contributed by atoms with Gasteiger partial charge in [-0.15, -0.1) is 13.2 Å². The van der Waals surface area contributed by atoms with Crippen LogP contribution in [-0.2, 0) is 0 Å². The highest BCUT2D eigenvalue weighted by Gasteiger charge is 2.31. The van der Waals surface area contributed by atoms with Gasteiger partial charge in [0, 0.05) is 0 Å². The number of hydrogen-bond donors (Lipinski definition) is 1. The molecule has 0 amide bonds. The molecule has 1 heterocycles. The van der Waals surface area contributed by atoms with Gasteiger partial charge in [-0.25, -0.2) is 0 Å². The number of nitrogens with two attached hydrogens (primary N) is 1. The van der Waals surface area contributed by atoms with Gasteiger partial charge in [0.15, 0.2) is 0 Å². The van der Waals surface area contributed by atoms with Gasteiger partial charge in [-0.05, 0) is 40.1 Å². The number of halogens is 3. The summed E-state index contributed by atoms with van der Waals surface area (Å²) in [6.45, 7) is 0. The summed E-state index contributed by atoms with van der Waals surface area (Å²) in [7, 11) is 0. The summed E-state index contributed by atoms with van der Waals surface area (Å²) in [5.41, 5.74) is 7.66. The molecule has 1 aromatic heterocycles.